The number of anilines is 1. The Bertz CT molecular complexity index is 994. The fourth-order valence-corrected chi connectivity index (χ4v) is 5.45. The number of aryl methyl sites for hydroxylation is 1. The molecule has 3 rings (SSSR count). The summed E-state index contributed by atoms with van der Waals surface area (Å²) in [5.41, 5.74) is 1.77. The van der Waals surface area contributed by atoms with Crippen LogP contribution in [-0.2, 0) is 16.6 Å². The van der Waals surface area contributed by atoms with E-state index in [2.05, 4.69) is 5.32 Å². The highest BCUT2D eigenvalue weighted by Gasteiger charge is 2.34. The number of rotatable bonds is 7. The van der Waals surface area contributed by atoms with E-state index < -0.39 is 10.0 Å². The Kier molecular flexibility index (Phi) is 6.95. The Morgan fingerprint density at radius 2 is 2.03 bits per heavy atom. The van der Waals surface area contributed by atoms with Crippen molar-refractivity contribution < 1.29 is 13.2 Å². The second-order valence-corrected chi connectivity index (χ2v) is 9.76. The summed E-state index contributed by atoms with van der Waals surface area (Å²) in [6.07, 6.45) is 1.61. The molecule has 2 heterocycles. The molecule has 1 N–H and O–H groups in total. The topological polar surface area (TPSA) is 87.7 Å². The Labute approximate surface area is 179 Å². The lowest BCUT2D eigenvalue weighted by molar-refractivity contribution is 0.307. The number of nitrogens with one attached hydrogen (secondary N) is 1. The fourth-order valence-electron chi connectivity index (χ4n) is 3.68. The van der Waals surface area contributed by atoms with Gasteiger partial charge in [-0.1, -0.05) is 6.07 Å². The molecule has 0 saturated carbocycles. The van der Waals surface area contributed by atoms with Gasteiger partial charge in [-0.25, -0.2) is 18.4 Å². The fraction of sp³-hybridized carbons (Fsp3) is 0.524. The lowest BCUT2D eigenvalue weighted by atomic mass is 9.98. The highest BCUT2D eigenvalue weighted by Crippen LogP contribution is 2.33. The smallest absolute Gasteiger partial charge is 0.246 e. The molecular weight excluding hydrogens is 402 g/mol. The van der Waals surface area contributed by atoms with Crippen molar-refractivity contribution in [3.8, 4) is 5.75 Å². The predicted molar refractivity (Wildman–Crippen MR) is 118 cm³/mol. The first-order valence-corrected chi connectivity index (χ1v) is 11.5. The molecular formula is C21H31N5O3S. The van der Waals surface area contributed by atoms with Crippen molar-refractivity contribution in [1.29, 1.82) is 0 Å². The first kappa shape index (κ1) is 22.5. The summed E-state index contributed by atoms with van der Waals surface area (Å²) >= 11 is 0. The van der Waals surface area contributed by atoms with E-state index in [0.717, 1.165) is 29.9 Å². The maximum Gasteiger partial charge on any atom is 0.246 e. The minimum Gasteiger partial charge on any atom is -0.495 e. The first-order valence-electron chi connectivity index (χ1n) is 10.1. The average Bonchev–Trinajstić information content (AvgIpc) is 2.73. The quantitative estimate of drug-likeness (QED) is 0.716. The summed E-state index contributed by atoms with van der Waals surface area (Å²) in [5.74, 6) is 1.83. The lowest BCUT2D eigenvalue weighted by Gasteiger charge is -2.32. The van der Waals surface area contributed by atoms with Crippen molar-refractivity contribution in [2.24, 2.45) is 0 Å². The van der Waals surface area contributed by atoms with E-state index in [-0.39, 0.29) is 10.8 Å². The molecule has 0 aliphatic carbocycles. The molecule has 1 fully saturated rings. The Balaban J connectivity index is 1.93. The SMILES string of the molecule is CNCc1cc(N(C)C)nc([C@@H]2CCCN(S(=O)(=O)c3cc(C)ccc3OC)C2)n1. The molecule has 8 nitrogen and oxygen atoms in total. The van der Waals surface area contributed by atoms with Crippen molar-refractivity contribution in [2.75, 3.05) is 46.2 Å². The zero-order valence-electron chi connectivity index (χ0n) is 18.3. The summed E-state index contributed by atoms with van der Waals surface area (Å²) in [5, 5.41) is 3.12. The molecule has 1 aromatic carbocycles. The zero-order chi connectivity index (χ0) is 21.9. The van der Waals surface area contributed by atoms with Crippen LogP contribution < -0.4 is 15.0 Å². The number of ether oxygens (including phenoxy) is 1. The van der Waals surface area contributed by atoms with Crippen molar-refractivity contribution in [1.82, 2.24) is 19.6 Å². The van der Waals surface area contributed by atoms with Gasteiger partial charge in [0.05, 0.1) is 12.8 Å². The van der Waals surface area contributed by atoms with Crippen LogP contribution in [0.15, 0.2) is 29.2 Å². The summed E-state index contributed by atoms with van der Waals surface area (Å²) in [6.45, 7) is 3.34. The Morgan fingerprint density at radius 3 is 2.70 bits per heavy atom. The van der Waals surface area contributed by atoms with Gasteiger partial charge in [0.25, 0.3) is 0 Å². The van der Waals surface area contributed by atoms with E-state index in [4.69, 9.17) is 14.7 Å². The summed E-state index contributed by atoms with van der Waals surface area (Å²) < 4.78 is 33.7. The minimum absolute atomic E-state index is 0.0557. The molecule has 2 aromatic rings. The molecule has 0 radical (unpaired) electrons. The molecule has 1 aromatic heterocycles. The third-order valence-corrected chi connectivity index (χ3v) is 7.17. The minimum atomic E-state index is -3.68. The van der Waals surface area contributed by atoms with Gasteiger partial charge in [-0.2, -0.15) is 4.31 Å². The van der Waals surface area contributed by atoms with Crippen molar-refractivity contribution in [2.45, 2.75) is 37.1 Å². The third kappa shape index (κ3) is 4.74. The number of benzene rings is 1. The van der Waals surface area contributed by atoms with Crippen LogP contribution in [0.4, 0.5) is 5.82 Å². The Morgan fingerprint density at radius 1 is 1.27 bits per heavy atom. The third-order valence-electron chi connectivity index (χ3n) is 5.29. The van der Waals surface area contributed by atoms with Gasteiger partial charge >= 0.3 is 0 Å². The number of methoxy groups -OCH3 is 1. The number of sulfonamides is 1. The molecule has 164 valence electrons. The molecule has 1 saturated heterocycles. The standard InChI is InChI=1S/C21H31N5O3S/c1-15-8-9-18(29-5)19(11-15)30(27,28)26-10-6-7-16(14-26)21-23-17(13-22-2)12-20(24-21)25(3)4/h8-9,11-12,16,22H,6-7,10,13-14H2,1-5H3/t16-/m1/s1. The van der Waals surface area contributed by atoms with Crippen molar-refractivity contribution in [3.63, 3.8) is 0 Å². The second-order valence-electron chi connectivity index (χ2n) is 7.86. The van der Waals surface area contributed by atoms with Gasteiger partial charge in [-0.15, -0.1) is 0 Å². The van der Waals surface area contributed by atoms with Crippen LogP contribution in [0.5, 0.6) is 5.75 Å². The lowest BCUT2D eigenvalue weighted by Crippen LogP contribution is -2.39. The second kappa shape index (κ2) is 9.28. The maximum atomic E-state index is 13.4. The molecule has 0 spiro atoms. The van der Waals surface area contributed by atoms with E-state index in [1.165, 1.54) is 7.11 Å². The van der Waals surface area contributed by atoms with Crippen molar-refractivity contribution in [3.05, 3.63) is 41.3 Å². The van der Waals surface area contributed by atoms with Gasteiger partial charge in [0.2, 0.25) is 10.0 Å². The summed E-state index contributed by atoms with van der Waals surface area (Å²) in [6, 6.07) is 7.18. The van der Waals surface area contributed by atoms with Crippen LogP contribution in [0.1, 0.15) is 35.8 Å². The highest BCUT2D eigenvalue weighted by molar-refractivity contribution is 7.89. The number of piperidine rings is 1. The van der Waals surface area contributed by atoms with Gasteiger partial charge in [0.15, 0.2) is 0 Å². The molecule has 1 aliphatic heterocycles. The average molecular weight is 434 g/mol. The van der Waals surface area contributed by atoms with E-state index in [0.29, 0.717) is 31.2 Å². The molecule has 9 heteroatoms. The largest absolute Gasteiger partial charge is 0.495 e. The number of hydrogen-bond acceptors (Lipinski definition) is 7. The van der Waals surface area contributed by atoms with Crippen LogP contribution in [0, 0.1) is 6.92 Å². The molecule has 0 unspecified atom stereocenters. The predicted octanol–water partition coefficient (Wildman–Crippen LogP) is 2.15. The number of nitrogens with zero attached hydrogens (tertiary/aromatic N) is 4. The van der Waals surface area contributed by atoms with E-state index >= 15 is 0 Å². The molecule has 30 heavy (non-hydrogen) atoms. The van der Waals surface area contributed by atoms with Gasteiger partial charge in [-0.3, -0.25) is 0 Å². The van der Waals surface area contributed by atoms with Crippen molar-refractivity contribution >= 4 is 15.8 Å². The Hall–Kier alpha value is -2.23. The highest BCUT2D eigenvalue weighted by atomic mass is 32.2. The number of hydrogen-bond donors (Lipinski definition) is 1. The number of aromatic nitrogens is 2. The monoisotopic (exact) mass is 433 g/mol. The molecule has 0 bridgehead atoms. The molecule has 1 aliphatic rings. The van der Waals surface area contributed by atoms with E-state index in [1.54, 1.807) is 16.4 Å². The molecule has 0 amide bonds. The first-order chi connectivity index (χ1) is 14.3. The van der Waals surface area contributed by atoms with Gasteiger partial charge in [0.1, 0.15) is 22.3 Å². The molecule has 1 atom stereocenters. The summed E-state index contributed by atoms with van der Waals surface area (Å²) in [4.78, 5) is 11.6. The maximum absolute atomic E-state index is 13.4. The van der Waals surface area contributed by atoms with Crippen LogP contribution in [0.3, 0.4) is 0 Å². The van der Waals surface area contributed by atoms with Crippen LogP contribution in [-0.4, -0.2) is 64.0 Å². The normalized spacial score (nSPS) is 17.7. The van der Waals surface area contributed by atoms with Crippen LogP contribution >= 0.6 is 0 Å². The van der Waals surface area contributed by atoms with Crippen LogP contribution in [0.25, 0.3) is 0 Å². The zero-order valence-corrected chi connectivity index (χ0v) is 19.2. The van der Waals surface area contributed by atoms with Gasteiger partial charge in [-0.05, 0) is 44.5 Å². The van der Waals surface area contributed by atoms with Gasteiger partial charge in [0, 0.05) is 45.7 Å². The summed E-state index contributed by atoms with van der Waals surface area (Å²) in [7, 11) is 3.57. The van der Waals surface area contributed by atoms with E-state index in [9.17, 15) is 8.42 Å². The van der Waals surface area contributed by atoms with Gasteiger partial charge < -0.3 is 15.0 Å². The van der Waals surface area contributed by atoms with Crippen LogP contribution in [0.2, 0.25) is 0 Å². The van der Waals surface area contributed by atoms with E-state index in [1.807, 2.05) is 45.1 Å².